The van der Waals surface area contributed by atoms with E-state index in [-0.39, 0.29) is 5.75 Å². The van der Waals surface area contributed by atoms with Gasteiger partial charge in [0, 0.05) is 11.8 Å². The van der Waals surface area contributed by atoms with Crippen molar-refractivity contribution in [3.05, 3.63) is 23.8 Å². The first-order valence-electron chi connectivity index (χ1n) is 3.43. The summed E-state index contributed by atoms with van der Waals surface area (Å²) in [5.74, 6) is 0.286. The number of rotatable bonds is 0. The number of fused-ring (bicyclic) bond motifs is 1. The van der Waals surface area contributed by atoms with Gasteiger partial charge in [0.15, 0.2) is 0 Å². The summed E-state index contributed by atoms with van der Waals surface area (Å²) in [4.78, 5) is 4.01. The summed E-state index contributed by atoms with van der Waals surface area (Å²) in [5, 5.41) is 12.3. The SMILES string of the molecule is Oc1cccc2c1NCN=C2. The Bertz CT molecular complexity index is 307. The molecule has 1 heterocycles. The molecule has 0 bridgehead atoms. The molecular weight excluding hydrogens is 140 g/mol. The van der Waals surface area contributed by atoms with Gasteiger partial charge in [-0.15, -0.1) is 0 Å². The minimum Gasteiger partial charge on any atom is -0.506 e. The lowest BCUT2D eigenvalue weighted by molar-refractivity contribution is 0.477. The molecule has 1 aliphatic rings. The zero-order valence-electron chi connectivity index (χ0n) is 5.91. The number of aliphatic imine (C=N–C) groups is 1. The third kappa shape index (κ3) is 0.941. The van der Waals surface area contributed by atoms with E-state index in [2.05, 4.69) is 10.3 Å². The number of hydrogen-bond donors (Lipinski definition) is 2. The fourth-order valence-electron chi connectivity index (χ4n) is 1.13. The lowest BCUT2D eigenvalue weighted by Crippen LogP contribution is -2.07. The quantitative estimate of drug-likeness (QED) is 0.543. The Morgan fingerprint density at radius 2 is 2.36 bits per heavy atom. The Morgan fingerprint density at radius 1 is 1.45 bits per heavy atom. The van der Waals surface area contributed by atoms with Crippen LogP contribution in [-0.2, 0) is 0 Å². The predicted molar refractivity (Wildman–Crippen MR) is 44.2 cm³/mol. The Morgan fingerprint density at radius 3 is 3.18 bits per heavy atom. The van der Waals surface area contributed by atoms with Gasteiger partial charge in [-0.3, -0.25) is 4.99 Å². The van der Waals surface area contributed by atoms with Crippen LogP contribution in [0.3, 0.4) is 0 Å². The summed E-state index contributed by atoms with van der Waals surface area (Å²) >= 11 is 0. The minimum absolute atomic E-state index is 0.286. The molecule has 0 atom stereocenters. The van der Waals surface area contributed by atoms with E-state index in [1.807, 2.05) is 6.07 Å². The van der Waals surface area contributed by atoms with Crippen molar-refractivity contribution >= 4 is 11.9 Å². The van der Waals surface area contributed by atoms with E-state index < -0.39 is 0 Å². The van der Waals surface area contributed by atoms with Crippen LogP contribution >= 0.6 is 0 Å². The molecule has 0 fully saturated rings. The molecule has 0 aromatic heterocycles. The van der Waals surface area contributed by atoms with Crippen LogP contribution in [0.25, 0.3) is 0 Å². The summed E-state index contributed by atoms with van der Waals surface area (Å²) in [5.41, 5.74) is 1.72. The molecule has 0 aliphatic carbocycles. The van der Waals surface area contributed by atoms with Crippen LogP contribution in [0.2, 0.25) is 0 Å². The molecule has 56 valence electrons. The van der Waals surface area contributed by atoms with Gasteiger partial charge in [0.2, 0.25) is 0 Å². The number of anilines is 1. The molecule has 1 aromatic rings. The van der Waals surface area contributed by atoms with Crippen LogP contribution in [-0.4, -0.2) is 18.0 Å². The minimum atomic E-state index is 0.286. The first-order chi connectivity index (χ1) is 5.38. The van der Waals surface area contributed by atoms with E-state index in [4.69, 9.17) is 0 Å². The molecule has 0 amide bonds. The maximum absolute atomic E-state index is 9.33. The molecule has 3 heteroatoms. The Kier molecular flexibility index (Phi) is 1.28. The predicted octanol–water partition coefficient (Wildman–Crippen LogP) is 1.19. The number of nitrogens with zero attached hydrogens (tertiary/aromatic N) is 1. The zero-order chi connectivity index (χ0) is 7.68. The topological polar surface area (TPSA) is 44.6 Å². The van der Waals surface area contributed by atoms with Crippen LogP contribution < -0.4 is 5.32 Å². The number of benzene rings is 1. The highest BCUT2D eigenvalue weighted by Gasteiger charge is 2.06. The summed E-state index contributed by atoms with van der Waals surface area (Å²) < 4.78 is 0. The van der Waals surface area contributed by atoms with Crippen LogP contribution in [0.1, 0.15) is 5.56 Å². The summed E-state index contributed by atoms with van der Waals surface area (Å²) in [6.07, 6.45) is 1.76. The standard InChI is InChI=1S/C8H8N2O/c11-7-3-1-2-6-4-9-5-10-8(6)7/h1-4,10-11H,5H2. The van der Waals surface area contributed by atoms with Crippen LogP contribution in [0, 0.1) is 0 Å². The summed E-state index contributed by atoms with van der Waals surface area (Å²) in [6, 6.07) is 5.36. The Hall–Kier alpha value is -1.51. The number of nitrogens with one attached hydrogen (secondary N) is 1. The maximum atomic E-state index is 9.33. The molecule has 0 radical (unpaired) electrons. The molecule has 0 spiro atoms. The molecule has 1 aliphatic heterocycles. The highest BCUT2D eigenvalue weighted by Crippen LogP contribution is 2.27. The Balaban J connectivity index is 2.60. The molecule has 11 heavy (non-hydrogen) atoms. The summed E-state index contributed by atoms with van der Waals surface area (Å²) in [7, 11) is 0. The molecule has 3 nitrogen and oxygen atoms in total. The van der Waals surface area contributed by atoms with Crippen LogP contribution in [0.15, 0.2) is 23.2 Å². The highest BCUT2D eigenvalue weighted by atomic mass is 16.3. The molecule has 2 N–H and O–H groups in total. The third-order valence-electron chi connectivity index (χ3n) is 1.65. The second-order valence-corrected chi connectivity index (χ2v) is 2.39. The van der Waals surface area contributed by atoms with Crippen molar-refractivity contribution in [2.24, 2.45) is 4.99 Å². The molecule has 0 saturated carbocycles. The van der Waals surface area contributed by atoms with E-state index in [9.17, 15) is 5.11 Å². The van der Waals surface area contributed by atoms with Gasteiger partial charge >= 0.3 is 0 Å². The fourth-order valence-corrected chi connectivity index (χ4v) is 1.13. The largest absolute Gasteiger partial charge is 0.506 e. The van der Waals surface area contributed by atoms with Gasteiger partial charge in [-0.25, -0.2) is 0 Å². The van der Waals surface area contributed by atoms with Gasteiger partial charge in [-0.05, 0) is 6.07 Å². The molecule has 0 saturated heterocycles. The monoisotopic (exact) mass is 148 g/mol. The van der Waals surface area contributed by atoms with Crippen molar-refractivity contribution < 1.29 is 5.11 Å². The van der Waals surface area contributed by atoms with Crippen molar-refractivity contribution in [1.29, 1.82) is 0 Å². The van der Waals surface area contributed by atoms with Gasteiger partial charge in [-0.2, -0.15) is 0 Å². The van der Waals surface area contributed by atoms with Gasteiger partial charge in [0.1, 0.15) is 12.4 Å². The van der Waals surface area contributed by atoms with Crippen LogP contribution in [0.4, 0.5) is 5.69 Å². The third-order valence-corrected chi connectivity index (χ3v) is 1.65. The molecule has 1 aromatic carbocycles. The van der Waals surface area contributed by atoms with E-state index in [1.54, 1.807) is 18.3 Å². The van der Waals surface area contributed by atoms with E-state index in [1.165, 1.54) is 0 Å². The lowest BCUT2D eigenvalue weighted by Gasteiger charge is -2.12. The van der Waals surface area contributed by atoms with Crippen molar-refractivity contribution in [3.63, 3.8) is 0 Å². The van der Waals surface area contributed by atoms with E-state index >= 15 is 0 Å². The second-order valence-electron chi connectivity index (χ2n) is 2.39. The maximum Gasteiger partial charge on any atom is 0.139 e. The van der Waals surface area contributed by atoms with Crippen molar-refractivity contribution in [1.82, 2.24) is 0 Å². The van der Waals surface area contributed by atoms with Gasteiger partial charge < -0.3 is 10.4 Å². The molecule has 0 unspecified atom stereocenters. The highest BCUT2D eigenvalue weighted by molar-refractivity contribution is 5.91. The Labute approximate surface area is 64.4 Å². The zero-order valence-corrected chi connectivity index (χ0v) is 5.91. The fraction of sp³-hybridized carbons (Fsp3) is 0.125. The summed E-state index contributed by atoms with van der Waals surface area (Å²) in [6.45, 7) is 0.546. The van der Waals surface area contributed by atoms with Crippen molar-refractivity contribution in [2.45, 2.75) is 0 Å². The number of aromatic hydroxyl groups is 1. The average molecular weight is 148 g/mol. The van der Waals surface area contributed by atoms with E-state index in [0.29, 0.717) is 6.67 Å². The number of hydrogen-bond acceptors (Lipinski definition) is 3. The van der Waals surface area contributed by atoms with Gasteiger partial charge in [0.05, 0.1) is 5.69 Å². The normalized spacial score (nSPS) is 13.8. The smallest absolute Gasteiger partial charge is 0.139 e. The van der Waals surface area contributed by atoms with Crippen LogP contribution in [0.5, 0.6) is 5.75 Å². The molecular formula is C8H8N2O. The molecule has 2 rings (SSSR count). The first kappa shape index (κ1) is 6.22. The van der Waals surface area contributed by atoms with Gasteiger partial charge in [-0.1, -0.05) is 12.1 Å². The van der Waals surface area contributed by atoms with Crippen molar-refractivity contribution in [3.8, 4) is 5.75 Å². The number of para-hydroxylation sites is 1. The second kappa shape index (κ2) is 2.27. The first-order valence-corrected chi connectivity index (χ1v) is 3.43. The number of phenols is 1. The average Bonchev–Trinajstić information content (AvgIpc) is 2.06. The van der Waals surface area contributed by atoms with Crippen molar-refractivity contribution in [2.75, 3.05) is 12.0 Å². The lowest BCUT2D eigenvalue weighted by atomic mass is 10.1. The van der Waals surface area contributed by atoms with E-state index in [0.717, 1.165) is 11.3 Å². The van der Waals surface area contributed by atoms with Gasteiger partial charge in [0.25, 0.3) is 0 Å². The number of phenolic OH excluding ortho intramolecular Hbond substituents is 1.